The summed E-state index contributed by atoms with van der Waals surface area (Å²) in [4.78, 5) is 10.7. The summed E-state index contributed by atoms with van der Waals surface area (Å²) >= 11 is 0. The molecule has 0 aliphatic carbocycles. The van der Waals surface area contributed by atoms with Gasteiger partial charge >= 0.3 is 21.6 Å². The van der Waals surface area contributed by atoms with Crippen LogP contribution in [-0.2, 0) is 21.3 Å². The lowest BCUT2D eigenvalue weighted by atomic mass is 9.97. The van der Waals surface area contributed by atoms with Crippen LogP contribution in [-0.4, -0.2) is 35.7 Å². The first kappa shape index (κ1) is 17.2. The van der Waals surface area contributed by atoms with Crippen LogP contribution in [0, 0.1) is 0 Å². The van der Waals surface area contributed by atoms with Crippen LogP contribution in [0.3, 0.4) is 0 Å². The van der Waals surface area contributed by atoms with Crippen LogP contribution in [0.25, 0.3) is 0 Å². The summed E-state index contributed by atoms with van der Waals surface area (Å²) in [5.74, 6) is -2.16. The molecule has 1 rings (SSSR count). The fraction of sp³-hybridized carbons (Fsp3) is 0.364. The van der Waals surface area contributed by atoms with Crippen LogP contribution >= 0.6 is 0 Å². The maximum Gasteiger partial charge on any atom is 0.534 e. The molecule has 0 saturated carbocycles. The highest BCUT2D eigenvalue weighted by Gasteiger charge is 2.48. The number of hydrogen-bond acceptors (Lipinski definition) is 5. The minimum atomic E-state index is -5.81. The summed E-state index contributed by atoms with van der Waals surface area (Å²) in [6, 6.07) is 4.35. The molecule has 0 fully saturated rings. The van der Waals surface area contributed by atoms with Gasteiger partial charge in [0, 0.05) is 6.42 Å². The average Bonchev–Trinajstić information content (AvgIpc) is 2.26. The zero-order valence-electron chi connectivity index (χ0n) is 10.6. The predicted octanol–water partition coefficient (Wildman–Crippen LogP) is 1.29. The summed E-state index contributed by atoms with van der Waals surface area (Å²) in [7, 11) is -5.81. The highest BCUT2D eigenvalue weighted by Crippen LogP contribution is 2.27. The number of aliphatic carboxylic acids is 1. The quantitative estimate of drug-likeness (QED) is 0.624. The molecule has 0 aliphatic rings. The first-order chi connectivity index (χ1) is 9.35. The van der Waals surface area contributed by atoms with Gasteiger partial charge in [0.05, 0.1) is 0 Å². The average molecular weight is 328 g/mol. The number of carboxylic acid groups (broad SMARTS) is 1. The lowest BCUT2D eigenvalue weighted by Crippen LogP contribution is -2.37. The SMILES string of the molecule is C[C@](O)(Cc1cccc(OS(=O)(=O)C(F)(F)F)c1)C(=O)O. The van der Waals surface area contributed by atoms with E-state index >= 15 is 0 Å². The number of halogens is 3. The second-order valence-electron chi connectivity index (χ2n) is 4.39. The highest BCUT2D eigenvalue weighted by atomic mass is 32.2. The summed E-state index contributed by atoms with van der Waals surface area (Å²) in [6.07, 6.45) is -0.439. The van der Waals surface area contributed by atoms with Crippen molar-refractivity contribution in [3.63, 3.8) is 0 Å². The van der Waals surface area contributed by atoms with E-state index in [1.54, 1.807) is 0 Å². The van der Waals surface area contributed by atoms with E-state index in [2.05, 4.69) is 4.18 Å². The molecule has 21 heavy (non-hydrogen) atoms. The predicted molar refractivity (Wildman–Crippen MR) is 64.0 cm³/mol. The third kappa shape index (κ3) is 4.33. The molecule has 0 amide bonds. The van der Waals surface area contributed by atoms with Gasteiger partial charge in [-0.1, -0.05) is 12.1 Å². The Labute approximate surface area is 117 Å². The van der Waals surface area contributed by atoms with Crippen molar-refractivity contribution in [2.45, 2.75) is 24.5 Å². The molecule has 6 nitrogen and oxygen atoms in total. The van der Waals surface area contributed by atoms with Gasteiger partial charge in [-0.3, -0.25) is 0 Å². The molecule has 0 saturated heterocycles. The van der Waals surface area contributed by atoms with Gasteiger partial charge in [-0.05, 0) is 24.6 Å². The van der Waals surface area contributed by atoms with E-state index in [0.29, 0.717) is 0 Å². The van der Waals surface area contributed by atoms with Crippen molar-refractivity contribution in [2.75, 3.05) is 0 Å². The molecule has 118 valence electrons. The number of rotatable bonds is 5. The largest absolute Gasteiger partial charge is 0.534 e. The van der Waals surface area contributed by atoms with E-state index in [-0.39, 0.29) is 5.56 Å². The Bertz CT molecular complexity index is 636. The van der Waals surface area contributed by atoms with Gasteiger partial charge in [-0.25, -0.2) is 4.79 Å². The maximum absolute atomic E-state index is 12.2. The lowest BCUT2D eigenvalue weighted by Gasteiger charge is -2.18. The summed E-state index contributed by atoms with van der Waals surface area (Å²) in [5, 5.41) is 18.3. The molecular weight excluding hydrogens is 317 g/mol. The van der Waals surface area contributed by atoms with Gasteiger partial charge in [0.1, 0.15) is 5.75 Å². The number of carboxylic acids is 1. The lowest BCUT2D eigenvalue weighted by molar-refractivity contribution is -0.156. The summed E-state index contributed by atoms with van der Waals surface area (Å²) in [6.45, 7) is 0.995. The van der Waals surface area contributed by atoms with Crippen molar-refractivity contribution >= 4 is 16.1 Å². The van der Waals surface area contributed by atoms with Gasteiger partial charge < -0.3 is 14.4 Å². The molecule has 0 aromatic heterocycles. The van der Waals surface area contributed by atoms with Gasteiger partial charge in [0.15, 0.2) is 5.60 Å². The van der Waals surface area contributed by atoms with E-state index in [4.69, 9.17) is 5.11 Å². The molecule has 10 heteroatoms. The third-order valence-corrected chi connectivity index (χ3v) is 3.38. The zero-order valence-corrected chi connectivity index (χ0v) is 11.4. The minimum Gasteiger partial charge on any atom is -0.479 e. The molecule has 2 N–H and O–H groups in total. The second-order valence-corrected chi connectivity index (χ2v) is 5.92. The van der Waals surface area contributed by atoms with E-state index in [0.717, 1.165) is 19.1 Å². The number of hydrogen-bond donors (Lipinski definition) is 2. The smallest absolute Gasteiger partial charge is 0.479 e. The van der Waals surface area contributed by atoms with E-state index < -0.39 is 39.4 Å². The topological polar surface area (TPSA) is 101 Å². The maximum atomic E-state index is 12.2. The number of carbonyl (C=O) groups is 1. The number of aliphatic hydroxyl groups is 1. The normalized spacial score (nSPS) is 15.3. The molecular formula is C11H11F3O6S. The Balaban J connectivity index is 3.00. The molecule has 0 bridgehead atoms. The van der Waals surface area contributed by atoms with Crippen molar-refractivity contribution in [2.24, 2.45) is 0 Å². The van der Waals surface area contributed by atoms with Gasteiger partial charge in [0.25, 0.3) is 0 Å². The van der Waals surface area contributed by atoms with Crippen LogP contribution in [0.15, 0.2) is 24.3 Å². The van der Waals surface area contributed by atoms with Crippen molar-refractivity contribution in [1.29, 1.82) is 0 Å². The van der Waals surface area contributed by atoms with Gasteiger partial charge in [-0.2, -0.15) is 21.6 Å². The molecule has 0 unspecified atom stereocenters. The molecule has 1 atom stereocenters. The fourth-order valence-corrected chi connectivity index (χ4v) is 1.81. The first-order valence-electron chi connectivity index (χ1n) is 5.41. The minimum absolute atomic E-state index is 0.0947. The van der Waals surface area contributed by atoms with E-state index in [9.17, 15) is 31.5 Å². The molecule has 0 radical (unpaired) electrons. The molecule has 0 heterocycles. The molecule has 0 spiro atoms. The first-order valence-corrected chi connectivity index (χ1v) is 6.81. The van der Waals surface area contributed by atoms with E-state index in [1.165, 1.54) is 12.1 Å². The van der Waals surface area contributed by atoms with Crippen LogP contribution in [0.5, 0.6) is 5.75 Å². The van der Waals surface area contributed by atoms with Gasteiger partial charge in [-0.15, -0.1) is 0 Å². The third-order valence-electron chi connectivity index (χ3n) is 2.40. The number of benzene rings is 1. The zero-order chi connectivity index (χ0) is 16.5. The van der Waals surface area contributed by atoms with Crippen LogP contribution in [0.4, 0.5) is 13.2 Å². The Hall–Kier alpha value is -1.81. The molecule has 0 aliphatic heterocycles. The van der Waals surface area contributed by atoms with Crippen LogP contribution in [0.2, 0.25) is 0 Å². The molecule has 1 aromatic carbocycles. The standard InChI is InChI=1S/C11H11F3O6S/c1-10(17,9(15)16)6-7-3-2-4-8(5-7)20-21(18,19)11(12,13)14/h2-5,17H,6H2,1H3,(H,15,16)/t10-/m0/s1. The Kier molecular flexibility index (Phi) is 4.54. The summed E-state index contributed by atoms with van der Waals surface area (Å²) in [5.41, 5.74) is -7.63. The Morgan fingerprint density at radius 3 is 2.38 bits per heavy atom. The van der Waals surface area contributed by atoms with Crippen LogP contribution < -0.4 is 4.18 Å². The van der Waals surface area contributed by atoms with Crippen molar-refractivity contribution < 1.29 is 40.8 Å². The van der Waals surface area contributed by atoms with Crippen molar-refractivity contribution in [1.82, 2.24) is 0 Å². The Morgan fingerprint density at radius 2 is 1.90 bits per heavy atom. The van der Waals surface area contributed by atoms with Crippen molar-refractivity contribution in [3.8, 4) is 5.75 Å². The second kappa shape index (κ2) is 5.53. The monoisotopic (exact) mass is 328 g/mol. The van der Waals surface area contributed by atoms with E-state index in [1.807, 2.05) is 0 Å². The Morgan fingerprint density at radius 1 is 1.33 bits per heavy atom. The highest BCUT2D eigenvalue weighted by molar-refractivity contribution is 7.87. The van der Waals surface area contributed by atoms with Gasteiger partial charge in [0.2, 0.25) is 0 Å². The molecule has 1 aromatic rings. The number of alkyl halides is 3. The van der Waals surface area contributed by atoms with Crippen molar-refractivity contribution in [3.05, 3.63) is 29.8 Å². The fourth-order valence-electron chi connectivity index (χ4n) is 1.35. The van der Waals surface area contributed by atoms with Crippen LogP contribution in [0.1, 0.15) is 12.5 Å². The summed E-state index contributed by atoms with van der Waals surface area (Å²) < 4.78 is 62.1.